The highest BCUT2D eigenvalue weighted by atomic mass is 35.5. The number of nitrogens with zero attached hydrogens (tertiary/aromatic N) is 3. The number of nitriles is 1. The molecule has 1 saturated carbocycles. The van der Waals surface area contributed by atoms with Gasteiger partial charge in [0.1, 0.15) is 5.69 Å². The molecule has 132 valence electrons. The smallest absolute Gasteiger partial charge is 0.111 e. The van der Waals surface area contributed by atoms with Crippen molar-refractivity contribution in [2.75, 3.05) is 14.1 Å². The summed E-state index contributed by atoms with van der Waals surface area (Å²) in [6.07, 6.45) is 4.43. The molecular formula is C18H22ClN5S. The minimum atomic E-state index is 0.412. The van der Waals surface area contributed by atoms with E-state index >= 15 is 0 Å². The third kappa shape index (κ3) is 4.36. The van der Waals surface area contributed by atoms with Gasteiger partial charge < -0.3 is 0 Å². The number of nitrogens with one attached hydrogen (secondary N) is 2. The fraction of sp³-hybridized carbons (Fsp3) is 0.444. The first-order chi connectivity index (χ1) is 12.1. The highest BCUT2D eigenvalue weighted by Crippen LogP contribution is 2.39. The van der Waals surface area contributed by atoms with E-state index in [1.54, 1.807) is 18.2 Å². The Hall–Kier alpha value is -1.52. The molecule has 2 N–H and O–H groups in total. The molecule has 7 heteroatoms. The van der Waals surface area contributed by atoms with Gasteiger partial charge in [0.25, 0.3) is 0 Å². The highest BCUT2D eigenvalue weighted by molar-refractivity contribution is 7.95. The van der Waals surface area contributed by atoms with Crippen LogP contribution in [0.4, 0.5) is 0 Å². The summed E-state index contributed by atoms with van der Waals surface area (Å²) in [6, 6.07) is 10.1. The van der Waals surface area contributed by atoms with Crippen LogP contribution >= 0.6 is 23.7 Å². The topological polar surface area (TPSA) is 67.7 Å². The molecule has 5 nitrogen and oxygen atoms in total. The Balaban J connectivity index is 1.69. The number of hydrogen-bond donors (Lipinski definition) is 2. The maximum atomic E-state index is 9.07. The largest absolute Gasteiger partial charge is 0.280 e. The molecule has 25 heavy (non-hydrogen) atoms. The molecule has 1 aromatic carbocycles. The van der Waals surface area contributed by atoms with Crippen molar-refractivity contribution in [2.45, 2.75) is 37.6 Å². The van der Waals surface area contributed by atoms with E-state index in [1.165, 1.54) is 0 Å². The van der Waals surface area contributed by atoms with Crippen LogP contribution in [0.5, 0.6) is 0 Å². The lowest BCUT2D eigenvalue weighted by atomic mass is 9.84. The second-order valence-electron chi connectivity index (χ2n) is 6.56. The Bertz CT molecular complexity index is 759. The Kier molecular flexibility index (Phi) is 6.02. The molecule has 0 radical (unpaired) electrons. The Morgan fingerprint density at radius 3 is 2.76 bits per heavy atom. The zero-order valence-corrected chi connectivity index (χ0v) is 16.0. The summed E-state index contributed by atoms with van der Waals surface area (Å²) in [4.78, 5) is 0. The monoisotopic (exact) mass is 375 g/mol. The Labute approximate surface area is 158 Å². The van der Waals surface area contributed by atoms with Crippen molar-refractivity contribution in [1.82, 2.24) is 19.2 Å². The minimum absolute atomic E-state index is 0.412. The van der Waals surface area contributed by atoms with Crippen LogP contribution in [-0.2, 0) is 0 Å². The lowest BCUT2D eigenvalue weighted by molar-refractivity contribution is 0.375. The van der Waals surface area contributed by atoms with E-state index in [-0.39, 0.29) is 0 Å². The number of H-pyrrole nitrogens is 1. The lowest BCUT2D eigenvalue weighted by Crippen LogP contribution is -2.30. The number of aromatic nitrogens is 2. The third-order valence-electron chi connectivity index (χ3n) is 4.54. The third-order valence-corrected chi connectivity index (χ3v) is 5.72. The number of rotatable bonds is 5. The zero-order chi connectivity index (χ0) is 17.8. The van der Waals surface area contributed by atoms with Crippen molar-refractivity contribution in [3.8, 4) is 17.3 Å². The molecule has 0 unspecified atom stereocenters. The summed E-state index contributed by atoms with van der Waals surface area (Å²) in [5.74, 6) is 0.412. The van der Waals surface area contributed by atoms with Crippen molar-refractivity contribution in [1.29, 1.82) is 5.26 Å². The molecule has 3 rings (SSSR count). The number of halogens is 1. The first-order valence-electron chi connectivity index (χ1n) is 8.42. The Morgan fingerprint density at radius 2 is 2.08 bits per heavy atom. The van der Waals surface area contributed by atoms with Gasteiger partial charge in [-0.1, -0.05) is 23.7 Å². The normalized spacial score (nSPS) is 20.6. The molecule has 2 aromatic rings. The SMILES string of the molecule is CN(C)SNC1CCC(c2[nH]nc(-c3cccc(C#N)c3)c2Cl)CC1. The van der Waals surface area contributed by atoms with Crippen LogP contribution in [-0.4, -0.2) is 34.6 Å². The van der Waals surface area contributed by atoms with Crippen LogP contribution in [0, 0.1) is 11.3 Å². The van der Waals surface area contributed by atoms with Gasteiger partial charge in [0.15, 0.2) is 0 Å². The van der Waals surface area contributed by atoms with E-state index in [4.69, 9.17) is 16.9 Å². The quantitative estimate of drug-likeness (QED) is 0.761. The van der Waals surface area contributed by atoms with E-state index in [9.17, 15) is 0 Å². The maximum absolute atomic E-state index is 9.07. The van der Waals surface area contributed by atoms with Crippen molar-refractivity contribution in [2.24, 2.45) is 0 Å². The zero-order valence-electron chi connectivity index (χ0n) is 14.4. The average Bonchev–Trinajstić information content (AvgIpc) is 3.02. The van der Waals surface area contributed by atoms with E-state index in [0.29, 0.717) is 22.5 Å². The number of aromatic amines is 1. The van der Waals surface area contributed by atoms with Gasteiger partial charge in [-0.3, -0.25) is 5.10 Å². The molecule has 0 atom stereocenters. The second-order valence-corrected chi connectivity index (χ2v) is 8.09. The van der Waals surface area contributed by atoms with Crippen molar-refractivity contribution in [3.05, 3.63) is 40.5 Å². The van der Waals surface area contributed by atoms with Crippen molar-refractivity contribution >= 4 is 23.7 Å². The minimum Gasteiger partial charge on any atom is -0.280 e. The summed E-state index contributed by atoms with van der Waals surface area (Å²) in [7, 11) is 4.08. The molecule has 0 amide bonds. The fourth-order valence-electron chi connectivity index (χ4n) is 3.22. The summed E-state index contributed by atoms with van der Waals surface area (Å²) >= 11 is 8.28. The standard InChI is InChI=1S/C18H22ClN5S/c1-24(2)25-23-15-8-6-13(7-9-15)17-16(19)18(22-21-17)14-5-3-4-12(10-14)11-20/h3-5,10,13,15,23H,6-9H2,1-2H3,(H,21,22). The maximum Gasteiger partial charge on any atom is 0.111 e. The van der Waals surface area contributed by atoms with E-state index in [1.807, 2.05) is 32.3 Å². The van der Waals surface area contributed by atoms with Crippen LogP contribution in [0.15, 0.2) is 24.3 Å². The molecular weight excluding hydrogens is 354 g/mol. The molecule has 1 aliphatic carbocycles. The molecule has 1 aromatic heterocycles. The lowest BCUT2D eigenvalue weighted by Gasteiger charge is -2.29. The first-order valence-corrected chi connectivity index (χ1v) is 9.57. The van der Waals surface area contributed by atoms with Crippen LogP contribution < -0.4 is 4.72 Å². The Morgan fingerprint density at radius 1 is 1.32 bits per heavy atom. The molecule has 1 aliphatic rings. The van der Waals surface area contributed by atoms with Gasteiger partial charge >= 0.3 is 0 Å². The predicted molar refractivity (Wildman–Crippen MR) is 103 cm³/mol. The van der Waals surface area contributed by atoms with Crippen molar-refractivity contribution in [3.63, 3.8) is 0 Å². The van der Waals surface area contributed by atoms with Crippen LogP contribution in [0.3, 0.4) is 0 Å². The average molecular weight is 376 g/mol. The highest BCUT2D eigenvalue weighted by Gasteiger charge is 2.27. The first kappa shape index (κ1) is 18.3. The predicted octanol–water partition coefficient (Wildman–Crippen LogP) is 4.34. The molecule has 1 fully saturated rings. The summed E-state index contributed by atoms with van der Waals surface area (Å²) < 4.78 is 5.57. The van der Waals surface area contributed by atoms with Gasteiger partial charge in [0, 0.05) is 29.7 Å². The van der Waals surface area contributed by atoms with E-state index < -0.39 is 0 Å². The molecule has 0 saturated heterocycles. The second kappa shape index (κ2) is 8.24. The van der Waals surface area contributed by atoms with Crippen LogP contribution in [0.2, 0.25) is 5.02 Å². The van der Waals surface area contributed by atoms with Gasteiger partial charge in [-0.05, 0) is 51.9 Å². The summed E-state index contributed by atoms with van der Waals surface area (Å²) in [6.45, 7) is 0. The molecule has 0 bridgehead atoms. The van der Waals surface area contributed by atoms with Crippen LogP contribution in [0.25, 0.3) is 11.3 Å². The van der Waals surface area contributed by atoms with E-state index in [0.717, 1.165) is 42.6 Å². The van der Waals surface area contributed by atoms with Crippen molar-refractivity contribution < 1.29 is 0 Å². The molecule has 0 aliphatic heterocycles. The number of hydrogen-bond acceptors (Lipinski definition) is 5. The van der Waals surface area contributed by atoms with Gasteiger partial charge in [-0.15, -0.1) is 0 Å². The van der Waals surface area contributed by atoms with Gasteiger partial charge in [-0.25, -0.2) is 9.03 Å². The number of benzene rings is 1. The summed E-state index contributed by atoms with van der Waals surface area (Å²) in [5.41, 5.74) is 3.25. The van der Waals surface area contributed by atoms with Crippen LogP contribution in [0.1, 0.15) is 42.9 Å². The van der Waals surface area contributed by atoms with Gasteiger partial charge in [-0.2, -0.15) is 10.4 Å². The van der Waals surface area contributed by atoms with E-state index in [2.05, 4.69) is 25.3 Å². The summed E-state index contributed by atoms with van der Waals surface area (Å²) in [5, 5.41) is 17.3. The fourth-order valence-corrected chi connectivity index (χ4v) is 4.16. The van der Waals surface area contributed by atoms with Gasteiger partial charge in [0.05, 0.1) is 22.3 Å². The van der Waals surface area contributed by atoms with Gasteiger partial charge in [0.2, 0.25) is 0 Å². The molecule has 1 heterocycles. The molecule has 0 spiro atoms.